The number of hydrogen-bond acceptors (Lipinski definition) is 2. The molecule has 0 aromatic rings. The summed E-state index contributed by atoms with van der Waals surface area (Å²) >= 11 is 0. The second-order valence-corrected chi connectivity index (χ2v) is 8.64. The number of rotatable bonds is 6. The summed E-state index contributed by atoms with van der Waals surface area (Å²) < 4.78 is 0. The first-order valence-electron chi connectivity index (χ1n) is 9.47. The zero-order valence-electron chi connectivity index (χ0n) is 14.8. The molecule has 2 nitrogen and oxygen atoms in total. The van der Waals surface area contributed by atoms with Gasteiger partial charge in [0.2, 0.25) is 0 Å². The molecule has 1 aliphatic carbocycles. The molecule has 1 N–H and O–H groups in total. The highest BCUT2D eigenvalue weighted by Crippen LogP contribution is 2.44. The monoisotopic (exact) mass is 294 g/mol. The topological polar surface area (TPSA) is 15.3 Å². The van der Waals surface area contributed by atoms with Gasteiger partial charge in [-0.25, -0.2) is 0 Å². The van der Waals surface area contributed by atoms with E-state index in [1.165, 1.54) is 90.4 Å². The second kappa shape index (κ2) is 7.97. The third-order valence-corrected chi connectivity index (χ3v) is 5.64. The van der Waals surface area contributed by atoms with Crippen molar-refractivity contribution in [3.05, 3.63) is 0 Å². The van der Waals surface area contributed by atoms with Crippen molar-refractivity contribution in [1.82, 2.24) is 10.2 Å². The van der Waals surface area contributed by atoms with Gasteiger partial charge in [0.15, 0.2) is 0 Å². The third-order valence-electron chi connectivity index (χ3n) is 5.64. The highest BCUT2D eigenvalue weighted by Gasteiger charge is 2.35. The maximum atomic E-state index is 3.59. The smallest absolute Gasteiger partial charge is 0.00965 e. The standard InChI is InChI=1S/C19H38N2/c1-18(2,3)20-14-8-5-9-15-21-16-12-19(13-17-21)10-6-4-7-11-19/h20H,4-17H2,1-3H3. The van der Waals surface area contributed by atoms with Gasteiger partial charge in [0.05, 0.1) is 0 Å². The molecule has 124 valence electrons. The molecule has 1 saturated carbocycles. The third kappa shape index (κ3) is 6.28. The van der Waals surface area contributed by atoms with Gasteiger partial charge in [0.25, 0.3) is 0 Å². The Morgan fingerprint density at radius 3 is 2.14 bits per heavy atom. The van der Waals surface area contributed by atoms with Crippen LogP contribution in [-0.2, 0) is 0 Å². The van der Waals surface area contributed by atoms with Gasteiger partial charge in [-0.15, -0.1) is 0 Å². The number of hydrogen-bond donors (Lipinski definition) is 1. The average molecular weight is 295 g/mol. The molecule has 1 aliphatic heterocycles. The Kier molecular flexibility index (Phi) is 6.55. The highest BCUT2D eigenvalue weighted by atomic mass is 15.1. The van der Waals surface area contributed by atoms with Gasteiger partial charge in [-0.2, -0.15) is 0 Å². The lowest BCUT2D eigenvalue weighted by Crippen LogP contribution is -2.41. The summed E-state index contributed by atoms with van der Waals surface area (Å²) in [5, 5.41) is 3.59. The van der Waals surface area contributed by atoms with E-state index in [1.807, 2.05) is 0 Å². The molecule has 0 aromatic heterocycles. The van der Waals surface area contributed by atoms with Crippen LogP contribution >= 0.6 is 0 Å². The van der Waals surface area contributed by atoms with Crippen molar-refractivity contribution in [2.75, 3.05) is 26.2 Å². The molecule has 0 atom stereocenters. The Labute approximate surface area is 133 Å². The first kappa shape index (κ1) is 17.3. The van der Waals surface area contributed by atoms with Crippen molar-refractivity contribution in [3.8, 4) is 0 Å². The van der Waals surface area contributed by atoms with E-state index in [0.717, 1.165) is 5.41 Å². The average Bonchev–Trinajstić information content (AvgIpc) is 2.45. The maximum absolute atomic E-state index is 3.59. The Morgan fingerprint density at radius 1 is 0.857 bits per heavy atom. The van der Waals surface area contributed by atoms with E-state index in [9.17, 15) is 0 Å². The van der Waals surface area contributed by atoms with E-state index in [4.69, 9.17) is 0 Å². The van der Waals surface area contributed by atoms with Gasteiger partial charge in [0, 0.05) is 5.54 Å². The van der Waals surface area contributed by atoms with Gasteiger partial charge in [0.1, 0.15) is 0 Å². The molecule has 1 spiro atoms. The highest BCUT2D eigenvalue weighted by molar-refractivity contribution is 4.88. The summed E-state index contributed by atoms with van der Waals surface area (Å²) in [7, 11) is 0. The Hall–Kier alpha value is -0.0800. The molecule has 0 amide bonds. The van der Waals surface area contributed by atoms with Crippen LogP contribution in [0.1, 0.15) is 85.0 Å². The maximum Gasteiger partial charge on any atom is 0.00965 e. The van der Waals surface area contributed by atoms with Crippen LogP contribution in [0.3, 0.4) is 0 Å². The summed E-state index contributed by atoms with van der Waals surface area (Å²) in [5.41, 5.74) is 1.05. The van der Waals surface area contributed by atoms with E-state index in [2.05, 4.69) is 31.0 Å². The zero-order chi connectivity index (χ0) is 15.2. The Morgan fingerprint density at radius 2 is 1.52 bits per heavy atom. The van der Waals surface area contributed by atoms with Crippen LogP contribution in [0.5, 0.6) is 0 Å². The minimum Gasteiger partial charge on any atom is -0.312 e. The van der Waals surface area contributed by atoms with Crippen LogP contribution in [0.15, 0.2) is 0 Å². The second-order valence-electron chi connectivity index (χ2n) is 8.64. The van der Waals surface area contributed by atoms with Gasteiger partial charge in [-0.3, -0.25) is 0 Å². The fraction of sp³-hybridized carbons (Fsp3) is 1.00. The SMILES string of the molecule is CC(C)(C)NCCCCCN1CCC2(CCCCC2)CC1. The summed E-state index contributed by atoms with van der Waals surface area (Å²) in [6.07, 6.45) is 14.6. The molecule has 1 saturated heterocycles. The predicted octanol–water partition coefficient (Wildman–Crippen LogP) is 4.59. The zero-order valence-corrected chi connectivity index (χ0v) is 14.8. The number of nitrogens with one attached hydrogen (secondary N) is 1. The number of piperidine rings is 1. The molecular formula is C19H38N2. The minimum absolute atomic E-state index is 0.279. The lowest BCUT2D eigenvalue weighted by Gasteiger charge is -2.44. The molecule has 0 bridgehead atoms. The molecule has 0 radical (unpaired) electrons. The molecule has 2 fully saturated rings. The first-order chi connectivity index (χ1) is 9.99. The van der Waals surface area contributed by atoms with Gasteiger partial charge >= 0.3 is 0 Å². The van der Waals surface area contributed by atoms with Crippen LogP contribution in [0.25, 0.3) is 0 Å². The van der Waals surface area contributed by atoms with Gasteiger partial charge in [-0.1, -0.05) is 25.7 Å². The van der Waals surface area contributed by atoms with Crippen molar-refractivity contribution in [2.24, 2.45) is 5.41 Å². The van der Waals surface area contributed by atoms with Crippen LogP contribution < -0.4 is 5.32 Å². The van der Waals surface area contributed by atoms with Crippen molar-refractivity contribution < 1.29 is 0 Å². The lowest BCUT2D eigenvalue weighted by atomic mass is 9.68. The minimum atomic E-state index is 0.279. The molecule has 1 heterocycles. The lowest BCUT2D eigenvalue weighted by molar-refractivity contribution is 0.0670. The van der Waals surface area contributed by atoms with Crippen molar-refractivity contribution >= 4 is 0 Å². The molecule has 2 rings (SSSR count). The molecule has 2 aliphatic rings. The number of unbranched alkanes of at least 4 members (excludes halogenated alkanes) is 2. The quantitative estimate of drug-likeness (QED) is 0.721. The fourth-order valence-corrected chi connectivity index (χ4v) is 4.15. The van der Waals surface area contributed by atoms with E-state index < -0.39 is 0 Å². The summed E-state index contributed by atoms with van der Waals surface area (Å²) in [4.78, 5) is 2.73. The predicted molar refractivity (Wildman–Crippen MR) is 92.8 cm³/mol. The molecule has 0 unspecified atom stereocenters. The van der Waals surface area contributed by atoms with E-state index in [0.29, 0.717) is 0 Å². The summed E-state index contributed by atoms with van der Waals surface area (Å²) in [6, 6.07) is 0. The van der Waals surface area contributed by atoms with Crippen LogP contribution in [0.4, 0.5) is 0 Å². The van der Waals surface area contributed by atoms with Gasteiger partial charge in [-0.05, 0) is 90.9 Å². The van der Waals surface area contributed by atoms with Crippen LogP contribution in [0, 0.1) is 5.41 Å². The first-order valence-corrected chi connectivity index (χ1v) is 9.47. The summed E-state index contributed by atoms with van der Waals surface area (Å²) in [6.45, 7) is 12.0. The molecule has 0 aromatic carbocycles. The van der Waals surface area contributed by atoms with E-state index in [1.54, 1.807) is 0 Å². The largest absolute Gasteiger partial charge is 0.312 e. The van der Waals surface area contributed by atoms with Crippen LogP contribution in [0.2, 0.25) is 0 Å². The van der Waals surface area contributed by atoms with Crippen molar-refractivity contribution in [1.29, 1.82) is 0 Å². The van der Waals surface area contributed by atoms with E-state index in [-0.39, 0.29) is 5.54 Å². The van der Waals surface area contributed by atoms with E-state index >= 15 is 0 Å². The Balaban J connectivity index is 1.51. The normalized spacial score (nSPS) is 23.6. The summed E-state index contributed by atoms with van der Waals surface area (Å²) in [5.74, 6) is 0. The Bertz CT molecular complexity index is 276. The number of nitrogens with zero attached hydrogens (tertiary/aromatic N) is 1. The molecular weight excluding hydrogens is 256 g/mol. The molecule has 21 heavy (non-hydrogen) atoms. The number of likely N-dealkylation sites (tertiary alicyclic amines) is 1. The van der Waals surface area contributed by atoms with Crippen LogP contribution in [-0.4, -0.2) is 36.6 Å². The molecule has 2 heteroatoms. The van der Waals surface area contributed by atoms with Crippen molar-refractivity contribution in [2.45, 2.75) is 90.5 Å². The fourth-order valence-electron chi connectivity index (χ4n) is 4.15. The van der Waals surface area contributed by atoms with Gasteiger partial charge < -0.3 is 10.2 Å². The van der Waals surface area contributed by atoms with Crippen molar-refractivity contribution in [3.63, 3.8) is 0 Å².